The number of nitrogens with one attached hydrogen (secondary N) is 1. The number of ketones is 2. The number of carbonyl (C=O) groups is 4. The molecule has 6 rings (SSSR count). The van der Waals surface area contributed by atoms with E-state index in [0.717, 1.165) is 59.8 Å². The number of carbonyl (C=O) groups excluding carboxylic acids is 4. The fourth-order valence-corrected chi connectivity index (χ4v) is 7.42. The summed E-state index contributed by atoms with van der Waals surface area (Å²) in [7, 11) is 0. The van der Waals surface area contributed by atoms with Crippen molar-refractivity contribution < 1.29 is 23.9 Å². The second-order valence-electron chi connectivity index (χ2n) is 13.9. The minimum absolute atomic E-state index is 0.0789. The Hall–Kier alpha value is -4.59. The number of allylic oxidation sites excluding steroid dienone is 1. The average Bonchev–Trinajstić information content (AvgIpc) is 3.67. The van der Waals surface area contributed by atoms with Gasteiger partial charge in [-0.25, -0.2) is 4.98 Å². The minimum atomic E-state index is -0.994. The Morgan fingerprint density at radius 1 is 1.12 bits per heavy atom. The molecule has 0 radical (unpaired) electrons. The molecule has 3 aliphatic rings. The number of hydrogen-bond donors (Lipinski definition) is 1. The molecule has 4 bridgehead atoms. The van der Waals surface area contributed by atoms with Gasteiger partial charge >= 0.3 is 0 Å². The maximum atomic E-state index is 14.4. The van der Waals surface area contributed by atoms with E-state index in [4.69, 9.17) is 9.72 Å². The van der Waals surface area contributed by atoms with E-state index >= 15 is 0 Å². The van der Waals surface area contributed by atoms with E-state index in [1.807, 2.05) is 48.5 Å². The SMILES string of the molecule is C=C[C@@H]1C[C@]1(NC(=O)[C@@H]1C[C@@H]2CN1C(=O)[C@H](CCCC)CC(=O)CCCC/C=C/c1ccc3nc(-c4ccccc4)cc(c3c1)O2)C(C)=O. The van der Waals surface area contributed by atoms with Crippen LogP contribution in [0.2, 0.25) is 0 Å². The van der Waals surface area contributed by atoms with E-state index < -0.39 is 23.6 Å². The Labute approximate surface area is 289 Å². The molecule has 49 heavy (non-hydrogen) atoms. The summed E-state index contributed by atoms with van der Waals surface area (Å²) in [6, 6.07) is 17.1. The van der Waals surface area contributed by atoms with Gasteiger partial charge in [0.2, 0.25) is 11.8 Å². The van der Waals surface area contributed by atoms with E-state index in [1.165, 1.54) is 6.92 Å². The van der Waals surface area contributed by atoms with Gasteiger partial charge in [-0.1, -0.05) is 74.4 Å². The van der Waals surface area contributed by atoms with Crippen molar-refractivity contribution in [3.05, 3.63) is 78.9 Å². The lowest BCUT2D eigenvalue weighted by atomic mass is 9.92. The Bertz CT molecular complexity index is 1770. The van der Waals surface area contributed by atoms with Crippen LogP contribution in [0.1, 0.15) is 83.6 Å². The molecular weight excluding hydrogens is 614 g/mol. The maximum Gasteiger partial charge on any atom is 0.243 e. The Balaban J connectivity index is 1.39. The van der Waals surface area contributed by atoms with Crippen LogP contribution in [0.15, 0.2) is 73.3 Å². The first-order valence-electron chi connectivity index (χ1n) is 17.8. The van der Waals surface area contributed by atoms with Gasteiger partial charge in [0.25, 0.3) is 0 Å². The van der Waals surface area contributed by atoms with Gasteiger partial charge in [-0.15, -0.1) is 6.58 Å². The number of Topliss-reactive ketones (excluding diaryl/α,β-unsaturated/α-hetero) is 2. The smallest absolute Gasteiger partial charge is 0.243 e. The topological polar surface area (TPSA) is 106 Å². The molecule has 2 amide bonds. The number of nitrogens with zero attached hydrogens (tertiary/aromatic N) is 2. The molecule has 5 atom stereocenters. The van der Waals surface area contributed by atoms with Crippen LogP contribution < -0.4 is 10.1 Å². The van der Waals surface area contributed by atoms with Gasteiger partial charge in [-0.05, 0) is 56.7 Å². The highest BCUT2D eigenvalue weighted by molar-refractivity contribution is 5.98. The van der Waals surface area contributed by atoms with Crippen LogP contribution >= 0.6 is 0 Å². The molecule has 1 aliphatic carbocycles. The molecule has 3 heterocycles. The van der Waals surface area contributed by atoms with E-state index in [9.17, 15) is 19.2 Å². The van der Waals surface area contributed by atoms with Crippen LogP contribution in [-0.4, -0.2) is 57.5 Å². The first kappa shape index (κ1) is 34.3. The molecule has 2 fully saturated rings. The number of rotatable bonds is 8. The normalized spacial score (nSPS) is 26.4. The maximum absolute atomic E-state index is 14.4. The molecule has 1 N–H and O–H groups in total. The molecule has 3 aromatic rings. The number of ether oxygens (including phenoxy) is 1. The van der Waals surface area contributed by atoms with Gasteiger partial charge in [0.15, 0.2) is 5.78 Å². The van der Waals surface area contributed by atoms with Gasteiger partial charge in [0, 0.05) is 48.1 Å². The first-order valence-corrected chi connectivity index (χ1v) is 17.8. The summed E-state index contributed by atoms with van der Waals surface area (Å²) in [5.41, 5.74) is 2.52. The second kappa shape index (κ2) is 14.9. The van der Waals surface area contributed by atoms with Crippen LogP contribution in [-0.2, 0) is 19.2 Å². The first-order chi connectivity index (χ1) is 23.7. The summed E-state index contributed by atoms with van der Waals surface area (Å²) in [6.07, 6.45) is 11.5. The Morgan fingerprint density at radius 3 is 2.67 bits per heavy atom. The molecule has 1 saturated heterocycles. The van der Waals surface area contributed by atoms with Gasteiger partial charge in [0.05, 0.1) is 17.8 Å². The summed E-state index contributed by atoms with van der Waals surface area (Å²) < 4.78 is 6.79. The number of pyridine rings is 1. The average molecular weight is 662 g/mol. The summed E-state index contributed by atoms with van der Waals surface area (Å²) in [6.45, 7) is 7.59. The van der Waals surface area contributed by atoms with Crippen LogP contribution in [0.4, 0.5) is 0 Å². The molecule has 8 nitrogen and oxygen atoms in total. The van der Waals surface area contributed by atoms with E-state index in [2.05, 4.69) is 37.0 Å². The number of benzene rings is 2. The van der Waals surface area contributed by atoms with Crippen molar-refractivity contribution in [2.24, 2.45) is 11.8 Å². The molecule has 0 unspecified atom stereocenters. The van der Waals surface area contributed by atoms with Gasteiger partial charge < -0.3 is 15.0 Å². The highest BCUT2D eigenvalue weighted by Gasteiger charge is 2.58. The number of aromatic nitrogens is 1. The van der Waals surface area contributed by atoms with Crippen molar-refractivity contribution in [2.75, 3.05) is 6.54 Å². The highest BCUT2D eigenvalue weighted by Crippen LogP contribution is 2.45. The second-order valence-corrected chi connectivity index (χ2v) is 13.9. The summed E-state index contributed by atoms with van der Waals surface area (Å²) in [5.74, 6) is -0.648. The van der Waals surface area contributed by atoms with Crippen molar-refractivity contribution in [2.45, 2.75) is 95.7 Å². The summed E-state index contributed by atoms with van der Waals surface area (Å²) in [5, 5.41) is 3.87. The van der Waals surface area contributed by atoms with Gasteiger partial charge in [-0.3, -0.25) is 19.2 Å². The van der Waals surface area contributed by atoms with Crippen molar-refractivity contribution >= 4 is 40.4 Å². The molecular formula is C41H47N3O5. The lowest BCUT2D eigenvalue weighted by Crippen LogP contribution is -2.53. The lowest BCUT2D eigenvalue weighted by Gasteiger charge is -2.29. The lowest BCUT2D eigenvalue weighted by molar-refractivity contribution is -0.144. The fourth-order valence-electron chi connectivity index (χ4n) is 7.42. The van der Waals surface area contributed by atoms with Crippen molar-refractivity contribution in [1.82, 2.24) is 15.2 Å². The predicted molar refractivity (Wildman–Crippen MR) is 192 cm³/mol. The van der Waals surface area contributed by atoms with Crippen LogP contribution in [0.3, 0.4) is 0 Å². The summed E-state index contributed by atoms with van der Waals surface area (Å²) >= 11 is 0. The van der Waals surface area contributed by atoms with Crippen molar-refractivity contribution in [1.29, 1.82) is 0 Å². The Kier molecular flexibility index (Phi) is 10.4. The quantitative estimate of drug-likeness (QED) is 0.255. The third kappa shape index (κ3) is 7.53. The number of fused-ring (bicyclic) bond motifs is 3. The molecule has 1 saturated carbocycles. The zero-order chi connectivity index (χ0) is 34.5. The van der Waals surface area contributed by atoms with Crippen LogP contribution in [0, 0.1) is 11.8 Å². The molecule has 256 valence electrons. The van der Waals surface area contributed by atoms with Gasteiger partial charge in [0.1, 0.15) is 29.2 Å². The van der Waals surface area contributed by atoms with Gasteiger partial charge in [-0.2, -0.15) is 0 Å². The molecule has 2 aromatic carbocycles. The minimum Gasteiger partial charge on any atom is -0.488 e. The Morgan fingerprint density at radius 2 is 1.94 bits per heavy atom. The zero-order valence-corrected chi connectivity index (χ0v) is 28.7. The zero-order valence-electron chi connectivity index (χ0n) is 28.7. The third-order valence-electron chi connectivity index (χ3n) is 10.4. The number of hydrogen-bond acceptors (Lipinski definition) is 6. The monoisotopic (exact) mass is 661 g/mol. The number of amides is 2. The molecule has 0 spiro atoms. The predicted octanol–water partition coefficient (Wildman–Crippen LogP) is 7.25. The van der Waals surface area contributed by atoms with E-state index in [-0.39, 0.29) is 48.7 Å². The van der Waals surface area contributed by atoms with Crippen LogP contribution in [0.5, 0.6) is 5.75 Å². The molecule has 2 aliphatic heterocycles. The van der Waals surface area contributed by atoms with E-state index in [1.54, 1.807) is 11.0 Å². The number of unbranched alkanes of at least 4 members (excludes halogenated alkanes) is 1. The molecule has 8 heteroatoms. The molecule has 1 aromatic heterocycles. The fraction of sp³-hybridized carbons (Fsp3) is 0.439. The third-order valence-corrected chi connectivity index (χ3v) is 10.4. The van der Waals surface area contributed by atoms with Crippen LogP contribution in [0.25, 0.3) is 28.2 Å². The standard InChI is InChI=1S/C41H47N3O5/c1-4-6-15-30-22-32(46)18-13-8-7-10-14-28-19-20-35-34(21-28)38(24-36(42-35)29-16-11-9-12-17-29)49-33-23-37(44(26-33)40(30)48)39(47)43-41(27(3)45)25-31(41)5-2/h5,9-12,14,16-17,19-21,24,30-31,33,37H,2,4,6-8,13,15,18,22-23,25-26H2,1,3H3,(H,43,47)/b14-10+/t30-,31-,33-,37+,41+/m1/s1. The largest absolute Gasteiger partial charge is 0.488 e. The summed E-state index contributed by atoms with van der Waals surface area (Å²) in [4.78, 5) is 61.0. The van der Waals surface area contributed by atoms with Crippen molar-refractivity contribution in [3.63, 3.8) is 0 Å². The van der Waals surface area contributed by atoms with E-state index in [0.29, 0.717) is 25.0 Å². The highest BCUT2D eigenvalue weighted by atomic mass is 16.5. The van der Waals surface area contributed by atoms with Crippen molar-refractivity contribution in [3.8, 4) is 17.0 Å².